The van der Waals surface area contributed by atoms with E-state index in [1.165, 1.54) is 12.8 Å². The summed E-state index contributed by atoms with van der Waals surface area (Å²) in [7, 11) is 0. The summed E-state index contributed by atoms with van der Waals surface area (Å²) in [6.45, 7) is 3.96. The average Bonchev–Trinajstić information content (AvgIpc) is 3.25. The fourth-order valence-electron chi connectivity index (χ4n) is 2.69. The molecule has 19 heavy (non-hydrogen) atoms. The Kier molecular flexibility index (Phi) is 3.42. The van der Waals surface area contributed by atoms with Gasteiger partial charge in [0.25, 0.3) is 5.91 Å². The number of hydrogen-bond acceptors (Lipinski definition) is 3. The maximum atomic E-state index is 12.1. The minimum atomic E-state index is 0.0576. The van der Waals surface area contributed by atoms with E-state index in [2.05, 4.69) is 12.2 Å². The van der Waals surface area contributed by atoms with E-state index >= 15 is 0 Å². The van der Waals surface area contributed by atoms with Crippen LogP contribution in [0.15, 0.2) is 24.3 Å². The SMILES string of the molecule is CCNC(CN1C(=O)COc2ccccc21)C1CC1. The second kappa shape index (κ2) is 5.21. The van der Waals surface area contributed by atoms with E-state index in [-0.39, 0.29) is 12.5 Å². The van der Waals surface area contributed by atoms with Crippen molar-refractivity contribution >= 4 is 11.6 Å². The number of fused-ring (bicyclic) bond motifs is 1. The fourth-order valence-corrected chi connectivity index (χ4v) is 2.69. The molecule has 1 aromatic carbocycles. The number of nitrogens with zero attached hydrogens (tertiary/aromatic N) is 1. The Morgan fingerprint density at radius 2 is 2.21 bits per heavy atom. The van der Waals surface area contributed by atoms with Gasteiger partial charge in [-0.2, -0.15) is 0 Å². The Hall–Kier alpha value is -1.55. The standard InChI is InChI=1S/C15H20N2O2/c1-2-16-12(11-7-8-11)9-17-13-5-3-4-6-14(13)19-10-15(17)18/h3-6,11-12,16H,2,7-10H2,1H3. The maximum absolute atomic E-state index is 12.1. The normalized spacial score (nSPS) is 19.8. The van der Waals surface area contributed by atoms with Gasteiger partial charge in [-0.25, -0.2) is 0 Å². The highest BCUT2D eigenvalue weighted by Gasteiger charge is 2.35. The summed E-state index contributed by atoms with van der Waals surface area (Å²) in [5.74, 6) is 1.60. The number of rotatable bonds is 5. The molecule has 0 saturated heterocycles. The lowest BCUT2D eigenvalue weighted by Crippen LogP contribution is -2.48. The first-order valence-electron chi connectivity index (χ1n) is 7.05. The lowest BCUT2D eigenvalue weighted by atomic mass is 10.1. The number of carbonyl (C=O) groups excluding carboxylic acids is 1. The van der Waals surface area contributed by atoms with Crippen molar-refractivity contribution in [2.75, 3.05) is 24.6 Å². The zero-order valence-electron chi connectivity index (χ0n) is 11.3. The van der Waals surface area contributed by atoms with Crippen LogP contribution in [0.25, 0.3) is 0 Å². The smallest absolute Gasteiger partial charge is 0.265 e. The van der Waals surface area contributed by atoms with E-state index < -0.39 is 0 Å². The van der Waals surface area contributed by atoms with Crippen LogP contribution in [0.3, 0.4) is 0 Å². The molecule has 0 bridgehead atoms. The largest absolute Gasteiger partial charge is 0.482 e. The third kappa shape index (κ3) is 2.59. The topological polar surface area (TPSA) is 41.6 Å². The Labute approximate surface area is 113 Å². The lowest BCUT2D eigenvalue weighted by Gasteiger charge is -2.32. The van der Waals surface area contributed by atoms with Gasteiger partial charge in [0.05, 0.1) is 5.69 Å². The minimum absolute atomic E-state index is 0.0576. The molecule has 1 aromatic rings. The zero-order chi connectivity index (χ0) is 13.2. The number of amides is 1. The molecule has 0 spiro atoms. The molecule has 1 saturated carbocycles. The molecule has 1 heterocycles. The summed E-state index contributed by atoms with van der Waals surface area (Å²) < 4.78 is 5.47. The van der Waals surface area contributed by atoms with Crippen molar-refractivity contribution in [3.63, 3.8) is 0 Å². The first-order valence-corrected chi connectivity index (χ1v) is 7.05. The summed E-state index contributed by atoms with van der Waals surface area (Å²) in [4.78, 5) is 14.0. The van der Waals surface area contributed by atoms with Crippen molar-refractivity contribution in [3.8, 4) is 5.75 Å². The van der Waals surface area contributed by atoms with Gasteiger partial charge >= 0.3 is 0 Å². The van der Waals surface area contributed by atoms with Crippen LogP contribution >= 0.6 is 0 Å². The lowest BCUT2D eigenvalue weighted by molar-refractivity contribution is -0.121. The van der Waals surface area contributed by atoms with E-state index in [4.69, 9.17) is 4.74 Å². The monoisotopic (exact) mass is 260 g/mol. The molecule has 1 amide bonds. The molecule has 1 atom stereocenters. The highest BCUT2D eigenvalue weighted by atomic mass is 16.5. The van der Waals surface area contributed by atoms with Gasteiger partial charge in [0.15, 0.2) is 6.61 Å². The predicted octanol–water partition coefficient (Wildman–Crippen LogP) is 1.80. The summed E-state index contributed by atoms with van der Waals surface area (Å²) in [5.41, 5.74) is 0.905. The molecule has 0 radical (unpaired) electrons. The zero-order valence-corrected chi connectivity index (χ0v) is 11.3. The van der Waals surface area contributed by atoms with Crippen LogP contribution in [0.2, 0.25) is 0 Å². The molecule has 1 aliphatic carbocycles. The van der Waals surface area contributed by atoms with E-state index in [0.717, 1.165) is 30.4 Å². The highest BCUT2D eigenvalue weighted by Crippen LogP contribution is 2.36. The molecule has 1 fully saturated rings. The Balaban J connectivity index is 1.80. The van der Waals surface area contributed by atoms with Crippen molar-refractivity contribution in [3.05, 3.63) is 24.3 Å². The van der Waals surface area contributed by atoms with Crippen molar-refractivity contribution < 1.29 is 9.53 Å². The van der Waals surface area contributed by atoms with Gasteiger partial charge in [-0.3, -0.25) is 4.79 Å². The molecule has 0 aromatic heterocycles. The summed E-state index contributed by atoms with van der Waals surface area (Å²) in [5, 5.41) is 3.51. The van der Waals surface area contributed by atoms with Gasteiger partial charge in [-0.1, -0.05) is 19.1 Å². The number of anilines is 1. The van der Waals surface area contributed by atoms with Gasteiger partial charge in [0.2, 0.25) is 0 Å². The summed E-state index contributed by atoms with van der Waals surface area (Å²) >= 11 is 0. The molecule has 4 nitrogen and oxygen atoms in total. The van der Waals surface area contributed by atoms with Crippen LogP contribution in [-0.4, -0.2) is 31.6 Å². The second-order valence-electron chi connectivity index (χ2n) is 5.26. The number of likely N-dealkylation sites (N-methyl/N-ethyl adjacent to an activating group) is 1. The first-order chi connectivity index (χ1) is 9.29. The molecular weight excluding hydrogens is 240 g/mol. The Bertz CT molecular complexity index is 471. The number of carbonyl (C=O) groups is 1. The minimum Gasteiger partial charge on any atom is -0.482 e. The van der Waals surface area contributed by atoms with Crippen molar-refractivity contribution in [1.82, 2.24) is 5.32 Å². The fraction of sp³-hybridized carbons (Fsp3) is 0.533. The van der Waals surface area contributed by atoms with Gasteiger partial charge < -0.3 is 15.0 Å². The maximum Gasteiger partial charge on any atom is 0.265 e. The third-order valence-electron chi connectivity index (χ3n) is 3.84. The van der Waals surface area contributed by atoms with E-state index in [1.807, 2.05) is 29.2 Å². The quantitative estimate of drug-likeness (QED) is 0.877. The number of ether oxygens (including phenoxy) is 1. The predicted molar refractivity (Wildman–Crippen MR) is 74.5 cm³/mol. The van der Waals surface area contributed by atoms with Gasteiger partial charge in [0.1, 0.15) is 5.75 Å². The van der Waals surface area contributed by atoms with Gasteiger partial charge in [0, 0.05) is 12.6 Å². The molecule has 102 valence electrons. The molecule has 1 N–H and O–H groups in total. The number of benzene rings is 1. The van der Waals surface area contributed by atoms with Gasteiger partial charge in [-0.15, -0.1) is 0 Å². The van der Waals surface area contributed by atoms with Crippen molar-refractivity contribution in [2.24, 2.45) is 5.92 Å². The van der Waals surface area contributed by atoms with Crippen LogP contribution in [0.5, 0.6) is 5.75 Å². The second-order valence-corrected chi connectivity index (χ2v) is 5.26. The molecular formula is C15H20N2O2. The van der Waals surface area contributed by atoms with Gasteiger partial charge in [-0.05, 0) is 37.4 Å². The van der Waals surface area contributed by atoms with E-state index in [1.54, 1.807) is 0 Å². The average molecular weight is 260 g/mol. The Morgan fingerprint density at radius 3 is 2.95 bits per heavy atom. The van der Waals surface area contributed by atoms with Crippen LogP contribution in [-0.2, 0) is 4.79 Å². The van der Waals surface area contributed by atoms with E-state index in [9.17, 15) is 4.79 Å². The number of hydrogen-bond donors (Lipinski definition) is 1. The first kappa shape index (κ1) is 12.5. The van der Waals surface area contributed by atoms with Crippen LogP contribution in [0.1, 0.15) is 19.8 Å². The molecule has 1 aliphatic heterocycles. The molecule has 4 heteroatoms. The molecule has 1 unspecified atom stereocenters. The molecule has 2 aliphatic rings. The summed E-state index contributed by atoms with van der Waals surface area (Å²) in [6.07, 6.45) is 2.55. The highest BCUT2D eigenvalue weighted by molar-refractivity contribution is 5.97. The molecule has 3 rings (SSSR count). The van der Waals surface area contributed by atoms with Crippen LogP contribution < -0.4 is 15.0 Å². The van der Waals surface area contributed by atoms with Crippen molar-refractivity contribution in [1.29, 1.82) is 0 Å². The van der Waals surface area contributed by atoms with Crippen LogP contribution in [0.4, 0.5) is 5.69 Å². The number of para-hydroxylation sites is 2. The van der Waals surface area contributed by atoms with E-state index in [0.29, 0.717) is 6.04 Å². The Morgan fingerprint density at radius 1 is 1.42 bits per heavy atom. The summed E-state index contributed by atoms with van der Waals surface area (Å²) in [6, 6.07) is 8.18. The third-order valence-corrected chi connectivity index (χ3v) is 3.84. The number of nitrogens with one attached hydrogen (secondary N) is 1. The van der Waals surface area contributed by atoms with Crippen molar-refractivity contribution in [2.45, 2.75) is 25.8 Å². The van der Waals surface area contributed by atoms with Crippen LogP contribution in [0, 0.1) is 5.92 Å².